The summed E-state index contributed by atoms with van der Waals surface area (Å²) in [4.78, 5) is 30.2. The van der Waals surface area contributed by atoms with E-state index in [2.05, 4.69) is 5.32 Å². The van der Waals surface area contributed by atoms with E-state index in [1.54, 1.807) is 6.07 Å². The van der Waals surface area contributed by atoms with Crippen LogP contribution in [0.3, 0.4) is 0 Å². The van der Waals surface area contributed by atoms with E-state index in [0.29, 0.717) is 5.75 Å². The Morgan fingerprint density at radius 2 is 1.44 bits per heavy atom. The lowest BCUT2D eigenvalue weighted by atomic mass is 10.0. The average molecular weight is 722 g/mol. The zero-order valence-electron chi connectivity index (χ0n) is 29.4. The summed E-state index contributed by atoms with van der Waals surface area (Å²) in [6.45, 7) is 6.87. The second-order valence-corrected chi connectivity index (χ2v) is 15.1. The molecule has 50 heavy (non-hydrogen) atoms. The van der Waals surface area contributed by atoms with Crippen molar-refractivity contribution in [3.8, 4) is 17.2 Å². The van der Waals surface area contributed by atoms with Crippen LogP contribution in [0.1, 0.15) is 37.5 Å². The smallest absolute Gasteiger partial charge is 0.265 e. The highest BCUT2D eigenvalue weighted by molar-refractivity contribution is 7.92. The Bertz CT molecular complexity index is 1910. The number of rotatable bonds is 14. The van der Waals surface area contributed by atoms with Gasteiger partial charge >= 0.3 is 0 Å². The zero-order valence-corrected chi connectivity index (χ0v) is 31.0. The molecule has 12 heteroatoms. The van der Waals surface area contributed by atoms with Crippen molar-refractivity contribution in [3.05, 3.63) is 113 Å². The molecule has 0 bridgehead atoms. The summed E-state index contributed by atoms with van der Waals surface area (Å²) in [6.07, 6.45) is 0.184. The molecule has 4 aromatic carbocycles. The van der Waals surface area contributed by atoms with E-state index in [1.165, 1.54) is 56.6 Å². The number of hydrogen-bond acceptors (Lipinski definition) is 7. The molecule has 1 atom stereocenters. The van der Waals surface area contributed by atoms with Crippen LogP contribution < -0.4 is 23.8 Å². The monoisotopic (exact) mass is 721 g/mol. The first-order valence-corrected chi connectivity index (χ1v) is 17.8. The number of halogens is 1. The first kappa shape index (κ1) is 38.1. The predicted octanol–water partition coefficient (Wildman–Crippen LogP) is 6.42. The fourth-order valence-corrected chi connectivity index (χ4v) is 7.09. The third-order valence-corrected chi connectivity index (χ3v) is 9.83. The topological polar surface area (TPSA) is 114 Å². The molecule has 4 rings (SSSR count). The minimum absolute atomic E-state index is 0.0342. The van der Waals surface area contributed by atoms with Gasteiger partial charge in [0, 0.05) is 29.6 Å². The van der Waals surface area contributed by atoms with Crippen LogP contribution in [0.2, 0.25) is 5.02 Å². The summed E-state index contributed by atoms with van der Waals surface area (Å²) >= 11 is 6.40. The molecule has 266 valence electrons. The lowest BCUT2D eigenvalue weighted by Crippen LogP contribution is -2.56. The molecule has 0 radical (unpaired) electrons. The van der Waals surface area contributed by atoms with Crippen molar-refractivity contribution in [2.24, 2.45) is 0 Å². The number of ether oxygens (including phenoxy) is 3. The number of carbonyl (C=O) groups is 2. The van der Waals surface area contributed by atoms with Crippen molar-refractivity contribution in [2.75, 3.05) is 32.2 Å². The molecule has 0 saturated carbocycles. The Labute approximate surface area is 300 Å². The SMILES string of the molecule is COc1ccc(S(=O)(=O)N(CC(=O)N(Cc2cccc(C)c2)[C@H](Cc2ccccc2)C(=O)NC(C)(C)C)c2cc(Cl)ccc2OC)cc1OC. The van der Waals surface area contributed by atoms with E-state index in [9.17, 15) is 18.0 Å². The minimum Gasteiger partial charge on any atom is -0.495 e. The van der Waals surface area contributed by atoms with E-state index in [1.807, 2.05) is 82.3 Å². The van der Waals surface area contributed by atoms with Gasteiger partial charge in [-0.25, -0.2) is 8.42 Å². The minimum atomic E-state index is -4.49. The Morgan fingerprint density at radius 3 is 2.06 bits per heavy atom. The number of aryl methyl sites for hydroxylation is 1. The first-order chi connectivity index (χ1) is 23.7. The molecule has 0 aliphatic rings. The number of nitrogens with one attached hydrogen (secondary N) is 1. The third-order valence-electron chi connectivity index (χ3n) is 7.84. The highest BCUT2D eigenvalue weighted by Crippen LogP contribution is 2.37. The van der Waals surface area contributed by atoms with Crippen molar-refractivity contribution in [1.29, 1.82) is 0 Å². The summed E-state index contributed by atoms with van der Waals surface area (Å²) in [5.41, 5.74) is 2.00. The Balaban J connectivity index is 1.90. The lowest BCUT2D eigenvalue weighted by Gasteiger charge is -2.35. The molecule has 0 fully saturated rings. The number of amides is 2. The standard InChI is InChI=1S/C38H44ClN3O7S/c1-26-12-11-15-28(20-26)24-41(32(37(44)40-38(2,3)4)21-27-13-9-8-10-14-27)36(43)25-42(31-22-29(39)16-18-33(31)47-5)50(45,46)30-17-19-34(48-6)35(23-30)49-7/h8-20,22-23,32H,21,24-25H2,1-7H3,(H,40,44)/t32-/m1/s1. The third kappa shape index (κ3) is 9.48. The van der Waals surface area contributed by atoms with Crippen molar-refractivity contribution in [2.45, 2.75) is 57.1 Å². The number of hydrogen-bond donors (Lipinski definition) is 1. The number of sulfonamides is 1. The largest absolute Gasteiger partial charge is 0.495 e. The van der Waals surface area contributed by atoms with Gasteiger partial charge in [-0.1, -0.05) is 71.8 Å². The van der Waals surface area contributed by atoms with Crippen molar-refractivity contribution >= 4 is 39.1 Å². The van der Waals surface area contributed by atoms with Crippen LogP contribution in [-0.2, 0) is 32.6 Å². The van der Waals surface area contributed by atoms with Crippen LogP contribution in [0.4, 0.5) is 5.69 Å². The summed E-state index contributed by atoms with van der Waals surface area (Å²) in [6, 6.07) is 24.6. The second kappa shape index (κ2) is 16.3. The summed E-state index contributed by atoms with van der Waals surface area (Å²) < 4.78 is 46.4. The van der Waals surface area contributed by atoms with Gasteiger partial charge in [0.25, 0.3) is 10.0 Å². The van der Waals surface area contributed by atoms with E-state index in [-0.39, 0.29) is 46.0 Å². The van der Waals surface area contributed by atoms with Crippen LogP contribution in [0.25, 0.3) is 0 Å². The highest BCUT2D eigenvalue weighted by Gasteiger charge is 2.37. The van der Waals surface area contributed by atoms with Gasteiger partial charge in [0.1, 0.15) is 18.3 Å². The van der Waals surface area contributed by atoms with Crippen LogP contribution in [0.5, 0.6) is 17.2 Å². The van der Waals surface area contributed by atoms with Gasteiger partial charge in [0.15, 0.2) is 11.5 Å². The number of carbonyl (C=O) groups excluding carboxylic acids is 2. The molecule has 1 N–H and O–H groups in total. The predicted molar refractivity (Wildman–Crippen MR) is 196 cm³/mol. The molecule has 0 unspecified atom stereocenters. The fourth-order valence-electron chi connectivity index (χ4n) is 5.49. The highest BCUT2D eigenvalue weighted by atomic mass is 35.5. The fraction of sp³-hybridized carbons (Fsp3) is 0.316. The van der Waals surface area contributed by atoms with Crippen LogP contribution in [0.15, 0.2) is 95.9 Å². The summed E-state index contributed by atoms with van der Waals surface area (Å²) in [7, 11) is -0.257. The molecular formula is C38H44ClN3O7S. The number of nitrogens with zero attached hydrogens (tertiary/aromatic N) is 2. The normalized spacial score (nSPS) is 12.1. The maximum atomic E-state index is 14.8. The lowest BCUT2D eigenvalue weighted by molar-refractivity contribution is -0.140. The second-order valence-electron chi connectivity index (χ2n) is 12.8. The van der Waals surface area contributed by atoms with Crippen LogP contribution in [-0.4, -0.2) is 64.6 Å². The molecule has 0 aromatic heterocycles. The van der Waals surface area contributed by atoms with E-state index in [0.717, 1.165) is 21.0 Å². The molecule has 4 aromatic rings. The first-order valence-electron chi connectivity index (χ1n) is 16.0. The van der Waals surface area contributed by atoms with Gasteiger partial charge in [-0.2, -0.15) is 0 Å². The molecule has 0 heterocycles. The average Bonchev–Trinajstić information content (AvgIpc) is 3.07. The van der Waals surface area contributed by atoms with Crippen molar-refractivity contribution in [3.63, 3.8) is 0 Å². The molecule has 2 amide bonds. The number of anilines is 1. The number of benzene rings is 4. The zero-order chi connectivity index (χ0) is 36.6. The number of methoxy groups -OCH3 is 3. The molecule has 0 spiro atoms. The molecule has 10 nitrogen and oxygen atoms in total. The van der Waals surface area contributed by atoms with E-state index in [4.69, 9.17) is 25.8 Å². The summed E-state index contributed by atoms with van der Waals surface area (Å²) in [5.74, 6) is -0.324. The molecule has 0 aliphatic heterocycles. The maximum absolute atomic E-state index is 14.8. The van der Waals surface area contributed by atoms with E-state index < -0.39 is 34.1 Å². The molecular weight excluding hydrogens is 678 g/mol. The van der Waals surface area contributed by atoms with Gasteiger partial charge in [0.2, 0.25) is 11.8 Å². The van der Waals surface area contributed by atoms with E-state index >= 15 is 0 Å². The summed E-state index contributed by atoms with van der Waals surface area (Å²) in [5, 5.41) is 3.26. The van der Waals surface area contributed by atoms with Crippen molar-refractivity contribution in [1.82, 2.24) is 10.2 Å². The van der Waals surface area contributed by atoms with Gasteiger partial charge in [-0.05, 0) is 69.2 Å². The Kier molecular flexibility index (Phi) is 12.4. The Morgan fingerprint density at radius 1 is 0.800 bits per heavy atom. The Hall–Kier alpha value is -4.74. The van der Waals surface area contributed by atoms with Crippen LogP contribution >= 0.6 is 11.6 Å². The van der Waals surface area contributed by atoms with Gasteiger partial charge in [-0.3, -0.25) is 13.9 Å². The van der Waals surface area contributed by atoms with Crippen LogP contribution in [0, 0.1) is 6.92 Å². The quantitative estimate of drug-likeness (QED) is 0.160. The van der Waals surface area contributed by atoms with Crippen molar-refractivity contribution < 1.29 is 32.2 Å². The van der Waals surface area contributed by atoms with Gasteiger partial charge in [0.05, 0.1) is 31.9 Å². The maximum Gasteiger partial charge on any atom is 0.265 e. The van der Waals surface area contributed by atoms with Gasteiger partial charge < -0.3 is 24.4 Å². The molecule has 0 aliphatic carbocycles. The van der Waals surface area contributed by atoms with Gasteiger partial charge in [-0.15, -0.1) is 0 Å². The molecule has 0 saturated heterocycles.